The molecular weight excluding hydrogens is 310 g/mol. The van der Waals surface area contributed by atoms with Crippen LogP contribution in [0.5, 0.6) is 0 Å². The number of anilines is 1. The number of hydrogen-bond donors (Lipinski definition) is 1. The lowest BCUT2D eigenvalue weighted by Gasteiger charge is -2.25. The third-order valence-electron chi connectivity index (χ3n) is 4.61. The van der Waals surface area contributed by atoms with E-state index in [1.807, 2.05) is 24.3 Å². The first-order chi connectivity index (χ1) is 11.9. The Hall–Kier alpha value is -1.35. The van der Waals surface area contributed by atoms with Crippen LogP contribution in [0.4, 0.5) is 5.69 Å². The first kappa shape index (κ1) is 21.7. The molecule has 0 fully saturated rings. The van der Waals surface area contributed by atoms with E-state index >= 15 is 0 Å². The summed E-state index contributed by atoms with van der Waals surface area (Å²) < 4.78 is 0. The fourth-order valence-electron chi connectivity index (χ4n) is 3.01. The first-order valence-electron chi connectivity index (χ1n) is 10.0. The molecule has 0 bridgehead atoms. The molecule has 0 unspecified atom stereocenters. The number of carbonyl (C=O) groups excluding carboxylic acids is 1. The van der Waals surface area contributed by atoms with Gasteiger partial charge >= 0.3 is 0 Å². The molecule has 0 amide bonds. The molecule has 3 nitrogen and oxygen atoms in total. The number of nitrogens with zero attached hydrogens (tertiary/aromatic N) is 1. The Morgan fingerprint density at radius 2 is 1.36 bits per heavy atom. The summed E-state index contributed by atoms with van der Waals surface area (Å²) in [6.07, 6.45) is 10.1. The molecule has 1 aromatic rings. The fourth-order valence-corrected chi connectivity index (χ4v) is 3.01. The van der Waals surface area contributed by atoms with Crippen molar-refractivity contribution in [1.82, 2.24) is 0 Å². The fraction of sp³-hybridized carbons (Fsp3) is 0.682. The molecule has 0 atom stereocenters. The predicted octanol–water partition coefficient (Wildman–Crippen LogP) is 5.61. The van der Waals surface area contributed by atoms with Crippen LogP contribution in [-0.2, 0) is 0 Å². The molecule has 0 saturated heterocycles. The highest BCUT2D eigenvalue weighted by Crippen LogP contribution is 2.20. The van der Waals surface area contributed by atoms with Crippen LogP contribution >= 0.6 is 0 Å². The van der Waals surface area contributed by atoms with Crippen molar-refractivity contribution in [2.75, 3.05) is 18.0 Å². The summed E-state index contributed by atoms with van der Waals surface area (Å²) >= 11 is 0. The van der Waals surface area contributed by atoms with Gasteiger partial charge in [-0.15, -0.1) is 0 Å². The third-order valence-corrected chi connectivity index (χ3v) is 4.61. The van der Waals surface area contributed by atoms with E-state index in [1.54, 1.807) is 0 Å². The zero-order valence-corrected chi connectivity index (χ0v) is 16.7. The summed E-state index contributed by atoms with van der Waals surface area (Å²) in [4.78, 5) is 14.6. The molecule has 0 aromatic heterocycles. The van der Waals surface area contributed by atoms with Gasteiger partial charge in [0.25, 0.3) is 0 Å². The summed E-state index contributed by atoms with van der Waals surface area (Å²) in [6.45, 7) is 9.70. The largest absolute Gasteiger partial charge is 0.382 e. The maximum Gasteiger partial charge on any atom is 0.193 e. The molecule has 0 aliphatic heterocycles. The van der Waals surface area contributed by atoms with Gasteiger partial charge < -0.3 is 10.0 Å². The summed E-state index contributed by atoms with van der Waals surface area (Å²) in [5, 5.41) is 9.89. The van der Waals surface area contributed by atoms with Gasteiger partial charge in [0.1, 0.15) is 5.60 Å². The first-order valence-corrected chi connectivity index (χ1v) is 10.0. The van der Waals surface area contributed by atoms with E-state index in [4.69, 9.17) is 0 Å². The second-order valence-electron chi connectivity index (χ2n) is 7.54. The topological polar surface area (TPSA) is 40.5 Å². The van der Waals surface area contributed by atoms with Crippen molar-refractivity contribution in [3.63, 3.8) is 0 Å². The van der Waals surface area contributed by atoms with Gasteiger partial charge in [0.05, 0.1) is 0 Å². The molecule has 142 valence electrons. The van der Waals surface area contributed by atoms with E-state index < -0.39 is 5.60 Å². The second-order valence-corrected chi connectivity index (χ2v) is 7.54. The summed E-state index contributed by atoms with van der Waals surface area (Å²) in [6, 6.07) is 7.75. The van der Waals surface area contributed by atoms with E-state index in [-0.39, 0.29) is 5.78 Å². The van der Waals surface area contributed by atoms with Gasteiger partial charge in [0, 0.05) is 24.3 Å². The van der Waals surface area contributed by atoms with Crippen LogP contribution in [0.3, 0.4) is 0 Å². The molecule has 1 aromatic carbocycles. The van der Waals surface area contributed by atoms with E-state index in [1.165, 1.54) is 70.9 Å². The van der Waals surface area contributed by atoms with Crippen molar-refractivity contribution in [1.29, 1.82) is 0 Å². The molecule has 0 radical (unpaired) electrons. The number of unbranched alkanes of at least 4 members (excludes halogenated alkanes) is 6. The van der Waals surface area contributed by atoms with Crippen molar-refractivity contribution in [2.45, 2.75) is 84.7 Å². The van der Waals surface area contributed by atoms with Gasteiger partial charge in [-0.25, -0.2) is 0 Å². The summed E-state index contributed by atoms with van der Waals surface area (Å²) in [7, 11) is 0. The maximum absolute atomic E-state index is 12.2. The number of hydrogen-bond acceptors (Lipinski definition) is 3. The van der Waals surface area contributed by atoms with Crippen LogP contribution in [-0.4, -0.2) is 29.6 Å². The Morgan fingerprint density at radius 1 is 0.880 bits per heavy atom. The standard InChI is InChI=1S/C22H37NO2/c1-5-7-9-11-17-23(18-12-10-8-6-2)20-15-13-19(14-16-20)21(24)22(3,4)25/h13-16,25H,5-12,17-18H2,1-4H3. The molecule has 0 aliphatic rings. The van der Waals surface area contributed by atoms with Gasteiger partial charge in [-0.05, 0) is 51.0 Å². The Morgan fingerprint density at radius 3 is 1.76 bits per heavy atom. The molecule has 1 N–H and O–H groups in total. The minimum atomic E-state index is -1.32. The van der Waals surface area contributed by atoms with Crippen LogP contribution < -0.4 is 4.90 Å². The molecule has 0 spiro atoms. The third kappa shape index (κ3) is 8.04. The molecule has 0 saturated carbocycles. The van der Waals surface area contributed by atoms with E-state index in [9.17, 15) is 9.90 Å². The smallest absolute Gasteiger partial charge is 0.193 e. The average molecular weight is 348 g/mol. The molecule has 0 aliphatic carbocycles. The van der Waals surface area contributed by atoms with Crippen molar-refractivity contribution in [3.05, 3.63) is 29.8 Å². The van der Waals surface area contributed by atoms with E-state index in [0.29, 0.717) is 5.56 Å². The summed E-state index contributed by atoms with van der Waals surface area (Å²) in [5.41, 5.74) is 0.440. The number of aliphatic hydroxyl groups is 1. The van der Waals surface area contributed by atoms with Crippen LogP contribution in [0.1, 0.15) is 89.4 Å². The molecule has 0 heterocycles. The second kappa shape index (κ2) is 11.3. The van der Waals surface area contributed by atoms with Crippen molar-refractivity contribution < 1.29 is 9.90 Å². The van der Waals surface area contributed by atoms with Crippen LogP contribution in [0.25, 0.3) is 0 Å². The molecule has 1 rings (SSSR count). The lowest BCUT2D eigenvalue weighted by molar-refractivity contribution is 0.0488. The SMILES string of the molecule is CCCCCCN(CCCCCC)c1ccc(C(=O)C(C)(C)O)cc1. The summed E-state index contributed by atoms with van der Waals surface area (Å²) in [5.74, 6) is -0.225. The number of Topliss-reactive ketones (excluding diaryl/α,β-unsaturated/α-hetero) is 1. The Kier molecular flexibility index (Phi) is 9.81. The minimum absolute atomic E-state index is 0.225. The lowest BCUT2D eigenvalue weighted by Crippen LogP contribution is -2.31. The monoisotopic (exact) mass is 347 g/mol. The Labute approximate surface area is 154 Å². The average Bonchev–Trinajstić information content (AvgIpc) is 2.59. The van der Waals surface area contributed by atoms with Gasteiger partial charge in [-0.3, -0.25) is 4.79 Å². The molecule has 25 heavy (non-hydrogen) atoms. The normalized spacial score (nSPS) is 11.6. The highest BCUT2D eigenvalue weighted by Gasteiger charge is 2.25. The van der Waals surface area contributed by atoms with Crippen LogP contribution in [0, 0.1) is 0 Å². The van der Waals surface area contributed by atoms with Crippen molar-refractivity contribution >= 4 is 11.5 Å². The van der Waals surface area contributed by atoms with Crippen molar-refractivity contribution in [2.24, 2.45) is 0 Å². The highest BCUT2D eigenvalue weighted by molar-refractivity contribution is 6.01. The van der Waals surface area contributed by atoms with Gasteiger partial charge in [0.15, 0.2) is 5.78 Å². The van der Waals surface area contributed by atoms with Crippen molar-refractivity contribution in [3.8, 4) is 0 Å². The Balaban J connectivity index is 2.73. The van der Waals surface area contributed by atoms with Gasteiger partial charge in [-0.1, -0.05) is 52.4 Å². The van der Waals surface area contributed by atoms with E-state index in [2.05, 4.69) is 18.7 Å². The zero-order valence-electron chi connectivity index (χ0n) is 16.7. The van der Waals surface area contributed by atoms with Gasteiger partial charge in [-0.2, -0.15) is 0 Å². The molecular formula is C22H37NO2. The predicted molar refractivity (Wildman–Crippen MR) is 108 cm³/mol. The number of carbonyl (C=O) groups is 1. The minimum Gasteiger partial charge on any atom is -0.382 e. The quantitative estimate of drug-likeness (QED) is 0.372. The van der Waals surface area contributed by atoms with Crippen LogP contribution in [0.2, 0.25) is 0 Å². The van der Waals surface area contributed by atoms with Crippen LogP contribution in [0.15, 0.2) is 24.3 Å². The maximum atomic E-state index is 12.2. The lowest BCUT2D eigenvalue weighted by atomic mass is 9.96. The zero-order chi connectivity index (χ0) is 18.7. The van der Waals surface area contributed by atoms with Gasteiger partial charge in [0.2, 0.25) is 0 Å². The number of benzene rings is 1. The highest BCUT2D eigenvalue weighted by atomic mass is 16.3. The Bertz CT molecular complexity index is 476. The number of ketones is 1. The van der Waals surface area contributed by atoms with E-state index in [0.717, 1.165) is 13.1 Å². The number of rotatable bonds is 13. The molecule has 3 heteroatoms.